The van der Waals surface area contributed by atoms with Crippen LogP contribution in [0.15, 0.2) is 18.2 Å². The van der Waals surface area contributed by atoms with E-state index in [1.54, 1.807) is 25.3 Å². The molecule has 0 aliphatic heterocycles. The molecule has 0 aliphatic rings. The van der Waals surface area contributed by atoms with Gasteiger partial charge in [0.25, 0.3) is 0 Å². The lowest BCUT2D eigenvalue weighted by Crippen LogP contribution is -1.99. The number of ether oxygens (including phenoxy) is 2. The van der Waals surface area contributed by atoms with Crippen LogP contribution in [0.2, 0.25) is 0 Å². The first-order valence-electron chi connectivity index (χ1n) is 5.07. The van der Waals surface area contributed by atoms with E-state index in [1.807, 2.05) is 0 Å². The van der Waals surface area contributed by atoms with Crippen LogP contribution in [0, 0.1) is 0 Å². The maximum atomic E-state index is 10.8. The van der Waals surface area contributed by atoms with Crippen LogP contribution >= 0.6 is 0 Å². The molecule has 0 fully saturated rings. The SMILES string of the molecule is CCCCOc1ccc(OC)cc1C=O. The first kappa shape index (κ1) is 11.6. The second-order valence-electron chi connectivity index (χ2n) is 3.22. The van der Waals surface area contributed by atoms with E-state index in [1.165, 1.54) is 0 Å². The molecule has 15 heavy (non-hydrogen) atoms. The molecule has 1 aromatic rings. The van der Waals surface area contributed by atoms with Gasteiger partial charge in [-0.25, -0.2) is 0 Å². The van der Waals surface area contributed by atoms with Crippen LogP contribution < -0.4 is 9.47 Å². The van der Waals surface area contributed by atoms with E-state index < -0.39 is 0 Å². The standard InChI is InChI=1S/C12H16O3/c1-3-4-7-15-12-6-5-11(14-2)8-10(12)9-13/h5-6,8-9H,3-4,7H2,1-2H3. The Kier molecular flexibility index (Phi) is 4.68. The molecule has 1 rings (SSSR count). The van der Waals surface area contributed by atoms with Crippen LogP contribution in [-0.2, 0) is 0 Å². The monoisotopic (exact) mass is 208 g/mol. The van der Waals surface area contributed by atoms with Gasteiger partial charge in [0.15, 0.2) is 6.29 Å². The number of carbonyl (C=O) groups is 1. The van der Waals surface area contributed by atoms with Crippen LogP contribution in [0.3, 0.4) is 0 Å². The summed E-state index contributed by atoms with van der Waals surface area (Å²) in [5.74, 6) is 1.29. The number of rotatable bonds is 6. The molecule has 0 aromatic heterocycles. The average Bonchev–Trinajstić information content (AvgIpc) is 2.29. The second-order valence-corrected chi connectivity index (χ2v) is 3.22. The minimum absolute atomic E-state index is 0.533. The van der Waals surface area contributed by atoms with Gasteiger partial charge in [0.2, 0.25) is 0 Å². The van der Waals surface area contributed by atoms with Crippen molar-refractivity contribution >= 4 is 6.29 Å². The van der Waals surface area contributed by atoms with Gasteiger partial charge in [0, 0.05) is 0 Å². The third-order valence-electron chi connectivity index (χ3n) is 2.10. The molecule has 0 saturated heterocycles. The fraction of sp³-hybridized carbons (Fsp3) is 0.417. The molecule has 0 bridgehead atoms. The molecule has 0 heterocycles. The van der Waals surface area contributed by atoms with Gasteiger partial charge in [-0.05, 0) is 24.6 Å². The number of carbonyl (C=O) groups excluding carboxylic acids is 1. The van der Waals surface area contributed by atoms with E-state index >= 15 is 0 Å². The zero-order valence-electron chi connectivity index (χ0n) is 9.16. The van der Waals surface area contributed by atoms with Crippen LogP contribution in [-0.4, -0.2) is 20.0 Å². The predicted molar refractivity (Wildman–Crippen MR) is 58.8 cm³/mol. The van der Waals surface area contributed by atoms with E-state index in [2.05, 4.69) is 6.92 Å². The molecule has 0 radical (unpaired) electrons. The zero-order valence-corrected chi connectivity index (χ0v) is 9.16. The molecule has 0 atom stereocenters. The van der Waals surface area contributed by atoms with E-state index in [0.29, 0.717) is 23.7 Å². The average molecular weight is 208 g/mol. The van der Waals surface area contributed by atoms with Gasteiger partial charge in [-0.1, -0.05) is 13.3 Å². The summed E-state index contributed by atoms with van der Waals surface area (Å²) in [6.07, 6.45) is 2.85. The van der Waals surface area contributed by atoms with Crippen molar-refractivity contribution in [2.45, 2.75) is 19.8 Å². The Hall–Kier alpha value is -1.51. The molecular formula is C12H16O3. The normalized spacial score (nSPS) is 9.73. The maximum absolute atomic E-state index is 10.8. The number of unbranched alkanes of at least 4 members (excludes halogenated alkanes) is 1. The maximum Gasteiger partial charge on any atom is 0.153 e. The Labute approximate surface area is 90.0 Å². The molecule has 0 aliphatic carbocycles. The molecule has 82 valence electrons. The highest BCUT2D eigenvalue weighted by molar-refractivity contribution is 5.80. The van der Waals surface area contributed by atoms with Crippen molar-refractivity contribution in [2.24, 2.45) is 0 Å². The highest BCUT2D eigenvalue weighted by Gasteiger charge is 2.04. The van der Waals surface area contributed by atoms with Crippen molar-refractivity contribution < 1.29 is 14.3 Å². The highest BCUT2D eigenvalue weighted by Crippen LogP contribution is 2.22. The van der Waals surface area contributed by atoms with E-state index in [0.717, 1.165) is 19.1 Å². The summed E-state index contributed by atoms with van der Waals surface area (Å²) in [4.78, 5) is 10.8. The summed E-state index contributed by atoms with van der Waals surface area (Å²) in [6, 6.07) is 5.22. The summed E-state index contributed by atoms with van der Waals surface area (Å²) in [6.45, 7) is 2.74. The van der Waals surface area contributed by atoms with E-state index in [4.69, 9.17) is 9.47 Å². The van der Waals surface area contributed by atoms with Gasteiger partial charge in [0.05, 0.1) is 19.3 Å². The first-order valence-corrected chi connectivity index (χ1v) is 5.07. The van der Waals surface area contributed by atoms with E-state index in [9.17, 15) is 4.79 Å². The summed E-state index contributed by atoms with van der Waals surface area (Å²) < 4.78 is 10.5. The number of aldehydes is 1. The topological polar surface area (TPSA) is 35.5 Å². The fourth-order valence-corrected chi connectivity index (χ4v) is 1.20. The Bertz CT molecular complexity index is 321. The van der Waals surface area contributed by atoms with Crippen LogP contribution in [0.25, 0.3) is 0 Å². The minimum atomic E-state index is 0.533. The molecule has 0 spiro atoms. The third kappa shape index (κ3) is 3.27. The van der Waals surface area contributed by atoms with Crippen molar-refractivity contribution in [3.05, 3.63) is 23.8 Å². The molecule has 0 unspecified atom stereocenters. The summed E-state index contributed by atoms with van der Waals surface area (Å²) >= 11 is 0. The van der Waals surface area contributed by atoms with Crippen LogP contribution in [0.5, 0.6) is 11.5 Å². The molecule has 3 nitrogen and oxygen atoms in total. The summed E-state index contributed by atoms with van der Waals surface area (Å²) in [5.41, 5.74) is 0.533. The lowest BCUT2D eigenvalue weighted by molar-refractivity contribution is 0.111. The third-order valence-corrected chi connectivity index (χ3v) is 2.10. The zero-order chi connectivity index (χ0) is 11.1. The van der Waals surface area contributed by atoms with E-state index in [-0.39, 0.29) is 0 Å². The van der Waals surface area contributed by atoms with Crippen LogP contribution in [0.4, 0.5) is 0 Å². The Morgan fingerprint density at radius 3 is 2.80 bits per heavy atom. The molecular weight excluding hydrogens is 192 g/mol. The van der Waals surface area contributed by atoms with Crippen molar-refractivity contribution in [3.63, 3.8) is 0 Å². The minimum Gasteiger partial charge on any atom is -0.497 e. The smallest absolute Gasteiger partial charge is 0.153 e. The lowest BCUT2D eigenvalue weighted by Gasteiger charge is -2.08. The van der Waals surface area contributed by atoms with Gasteiger partial charge in [-0.3, -0.25) is 4.79 Å². The second kappa shape index (κ2) is 6.06. The van der Waals surface area contributed by atoms with Gasteiger partial charge >= 0.3 is 0 Å². The number of hydrogen-bond donors (Lipinski definition) is 0. The van der Waals surface area contributed by atoms with Crippen LogP contribution in [0.1, 0.15) is 30.1 Å². The predicted octanol–water partition coefficient (Wildman–Crippen LogP) is 2.69. The van der Waals surface area contributed by atoms with Crippen molar-refractivity contribution in [3.8, 4) is 11.5 Å². The molecule has 0 N–H and O–H groups in total. The Morgan fingerprint density at radius 2 is 2.20 bits per heavy atom. The molecule has 0 saturated carbocycles. The lowest BCUT2D eigenvalue weighted by atomic mass is 10.2. The quantitative estimate of drug-likeness (QED) is 0.532. The highest BCUT2D eigenvalue weighted by atomic mass is 16.5. The summed E-state index contributed by atoms with van der Waals surface area (Å²) in [7, 11) is 1.57. The number of benzene rings is 1. The largest absolute Gasteiger partial charge is 0.497 e. The number of methoxy groups -OCH3 is 1. The van der Waals surface area contributed by atoms with Gasteiger partial charge in [-0.15, -0.1) is 0 Å². The fourth-order valence-electron chi connectivity index (χ4n) is 1.20. The molecule has 1 aromatic carbocycles. The summed E-state index contributed by atoms with van der Waals surface area (Å²) in [5, 5.41) is 0. The van der Waals surface area contributed by atoms with Gasteiger partial charge in [0.1, 0.15) is 11.5 Å². The van der Waals surface area contributed by atoms with Gasteiger partial charge < -0.3 is 9.47 Å². The number of hydrogen-bond acceptors (Lipinski definition) is 3. The van der Waals surface area contributed by atoms with Crippen molar-refractivity contribution in [1.82, 2.24) is 0 Å². The molecule has 0 amide bonds. The first-order chi connectivity index (χ1) is 7.31. The van der Waals surface area contributed by atoms with Crippen molar-refractivity contribution in [1.29, 1.82) is 0 Å². The van der Waals surface area contributed by atoms with Gasteiger partial charge in [-0.2, -0.15) is 0 Å². The molecule has 3 heteroatoms. The Morgan fingerprint density at radius 1 is 1.40 bits per heavy atom. The van der Waals surface area contributed by atoms with Crippen molar-refractivity contribution in [2.75, 3.05) is 13.7 Å². The Balaban J connectivity index is 2.73.